The normalized spacial score (nSPS) is 19.2. The van der Waals surface area contributed by atoms with Gasteiger partial charge in [0.25, 0.3) is 5.91 Å². The summed E-state index contributed by atoms with van der Waals surface area (Å²) >= 11 is 1.25. The van der Waals surface area contributed by atoms with Crippen LogP contribution in [-0.2, 0) is 4.79 Å². The number of urea groups is 1. The fourth-order valence-corrected chi connectivity index (χ4v) is 6.79. The van der Waals surface area contributed by atoms with Gasteiger partial charge in [-0.2, -0.15) is 0 Å². The summed E-state index contributed by atoms with van der Waals surface area (Å²) in [6.07, 6.45) is 9.68. The first-order chi connectivity index (χ1) is 18.9. The maximum atomic E-state index is 13.5. The first-order valence-electron chi connectivity index (χ1n) is 13.4. The summed E-state index contributed by atoms with van der Waals surface area (Å²) < 4.78 is 6.23. The number of rotatable bonds is 6. The Labute approximate surface area is 230 Å². The molecule has 1 unspecified atom stereocenters. The molecule has 202 valence electrons. The predicted molar refractivity (Wildman–Crippen MR) is 152 cm³/mol. The average molecular weight is 546 g/mol. The molecule has 6 rings (SSSR count). The molecule has 2 aliphatic heterocycles. The third-order valence-corrected chi connectivity index (χ3v) is 8.82. The third kappa shape index (κ3) is 4.73. The highest BCUT2D eigenvalue weighted by Gasteiger charge is 2.34. The van der Waals surface area contributed by atoms with Crippen LogP contribution < -0.4 is 20.3 Å². The first-order valence-corrected chi connectivity index (χ1v) is 14.3. The van der Waals surface area contributed by atoms with Gasteiger partial charge in [0.15, 0.2) is 0 Å². The van der Waals surface area contributed by atoms with Gasteiger partial charge in [-0.15, -0.1) is 11.3 Å². The van der Waals surface area contributed by atoms with Crippen LogP contribution in [0.5, 0.6) is 5.75 Å². The highest BCUT2D eigenvalue weighted by Crippen LogP contribution is 2.46. The van der Waals surface area contributed by atoms with Gasteiger partial charge in [0.1, 0.15) is 15.5 Å². The summed E-state index contributed by atoms with van der Waals surface area (Å²) in [7, 11) is 0. The van der Waals surface area contributed by atoms with Crippen LogP contribution in [0.15, 0.2) is 43.1 Å². The van der Waals surface area contributed by atoms with Gasteiger partial charge in [-0.3, -0.25) is 14.5 Å². The van der Waals surface area contributed by atoms with Crippen molar-refractivity contribution in [2.24, 2.45) is 0 Å². The minimum absolute atomic E-state index is 0.145. The monoisotopic (exact) mass is 545 g/mol. The summed E-state index contributed by atoms with van der Waals surface area (Å²) in [6, 6.07) is 7.13. The van der Waals surface area contributed by atoms with Crippen molar-refractivity contribution in [1.82, 2.24) is 15.2 Å². The molecular weight excluding hydrogens is 514 g/mol. The number of anilines is 3. The van der Waals surface area contributed by atoms with Crippen molar-refractivity contribution < 1.29 is 19.1 Å². The molecule has 10 heteroatoms. The number of nitrogens with zero attached hydrogens (tertiary/aromatic N) is 3. The predicted octanol–water partition coefficient (Wildman–Crippen LogP) is 5.52. The molecule has 3 aromatic rings. The SMILES string of the molecule is C=CC(=O)N1CCC(NC(=O)c2sc3nccc4c3c2NC(=O)N4c2ccc(OC3CCCCC3)cc2C)C1. The van der Waals surface area contributed by atoms with Crippen molar-refractivity contribution in [1.29, 1.82) is 0 Å². The Morgan fingerprint density at radius 3 is 2.77 bits per heavy atom. The number of nitrogens with one attached hydrogen (secondary N) is 2. The summed E-state index contributed by atoms with van der Waals surface area (Å²) in [4.78, 5) is 47.6. The van der Waals surface area contributed by atoms with Crippen LogP contribution in [0.3, 0.4) is 0 Å². The molecule has 1 aromatic carbocycles. The lowest BCUT2D eigenvalue weighted by atomic mass is 9.98. The summed E-state index contributed by atoms with van der Waals surface area (Å²) in [6.45, 7) is 6.50. The minimum Gasteiger partial charge on any atom is -0.490 e. The molecule has 0 bridgehead atoms. The topological polar surface area (TPSA) is 104 Å². The highest BCUT2D eigenvalue weighted by atomic mass is 32.1. The molecule has 4 amide bonds. The lowest BCUT2D eigenvalue weighted by Crippen LogP contribution is -2.39. The Morgan fingerprint density at radius 2 is 2.00 bits per heavy atom. The van der Waals surface area contributed by atoms with Crippen LogP contribution in [0.1, 0.15) is 53.8 Å². The van der Waals surface area contributed by atoms with E-state index >= 15 is 0 Å². The van der Waals surface area contributed by atoms with Gasteiger partial charge in [0, 0.05) is 25.3 Å². The van der Waals surface area contributed by atoms with E-state index in [0.29, 0.717) is 40.6 Å². The molecule has 1 saturated heterocycles. The number of amides is 4. The van der Waals surface area contributed by atoms with Gasteiger partial charge >= 0.3 is 6.03 Å². The number of thiophene rings is 1. The zero-order valence-electron chi connectivity index (χ0n) is 21.9. The van der Waals surface area contributed by atoms with Crippen LogP contribution in [0.25, 0.3) is 10.2 Å². The second-order valence-electron chi connectivity index (χ2n) is 10.4. The summed E-state index contributed by atoms with van der Waals surface area (Å²) in [5.74, 6) is 0.385. The minimum atomic E-state index is -0.338. The number of aromatic nitrogens is 1. The van der Waals surface area contributed by atoms with Crippen molar-refractivity contribution in [3.63, 3.8) is 0 Å². The molecule has 2 N–H and O–H groups in total. The second-order valence-corrected chi connectivity index (χ2v) is 11.4. The van der Waals surface area contributed by atoms with Crippen LogP contribution in [0.4, 0.5) is 21.9 Å². The van der Waals surface area contributed by atoms with Crippen molar-refractivity contribution >= 4 is 56.5 Å². The molecular formula is C29H31N5O4S. The Hall–Kier alpha value is -3.92. The number of aryl methyl sites for hydroxylation is 1. The Morgan fingerprint density at radius 1 is 1.18 bits per heavy atom. The number of pyridine rings is 1. The van der Waals surface area contributed by atoms with E-state index in [1.165, 1.54) is 36.7 Å². The quantitative estimate of drug-likeness (QED) is 0.397. The molecule has 2 aromatic heterocycles. The van der Waals surface area contributed by atoms with E-state index in [9.17, 15) is 14.4 Å². The molecule has 3 aliphatic rings. The summed E-state index contributed by atoms with van der Waals surface area (Å²) in [5, 5.41) is 6.72. The lowest BCUT2D eigenvalue weighted by molar-refractivity contribution is -0.125. The van der Waals surface area contributed by atoms with Crippen molar-refractivity contribution in [3.8, 4) is 5.75 Å². The third-order valence-electron chi connectivity index (χ3n) is 7.73. The maximum Gasteiger partial charge on any atom is 0.331 e. The van der Waals surface area contributed by atoms with Crippen LogP contribution in [0, 0.1) is 6.92 Å². The van der Waals surface area contributed by atoms with E-state index in [-0.39, 0.29) is 30.0 Å². The van der Waals surface area contributed by atoms with Gasteiger partial charge < -0.3 is 20.3 Å². The maximum absolute atomic E-state index is 13.5. The van der Waals surface area contributed by atoms with E-state index in [2.05, 4.69) is 22.2 Å². The zero-order chi connectivity index (χ0) is 27.1. The summed E-state index contributed by atoms with van der Waals surface area (Å²) in [5.41, 5.74) is 2.82. The van der Waals surface area contributed by atoms with Crippen LogP contribution >= 0.6 is 11.3 Å². The van der Waals surface area contributed by atoms with Crippen molar-refractivity contribution in [3.05, 3.63) is 53.6 Å². The van der Waals surface area contributed by atoms with Crippen LogP contribution in [0.2, 0.25) is 0 Å². The average Bonchev–Trinajstić information content (AvgIpc) is 3.55. The molecule has 9 nitrogen and oxygen atoms in total. The van der Waals surface area contributed by atoms with Gasteiger partial charge in [-0.05, 0) is 74.9 Å². The van der Waals surface area contributed by atoms with E-state index in [1.54, 1.807) is 22.1 Å². The highest BCUT2D eigenvalue weighted by molar-refractivity contribution is 7.21. The van der Waals surface area contributed by atoms with Gasteiger partial charge in [0.05, 0.1) is 28.6 Å². The number of ether oxygens (including phenoxy) is 1. The fraction of sp³-hybridized carbons (Fsp3) is 0.379. The van der Waals surface area contributed by atoms with E-state index < -0.39 is 0 Å². The zero-order valence-corrected chi connectivity index (χ0v) is 22.7. The Kier molecular flexibility index (Phi) is 6.72. The molecule has 0 spiro atoms. The largest absolute Gasteiger partial charge is 0.490 e. The number of carbonyl (C=O) groups is 3. The van der Waals surface area contributed by atoms with Crippen molar-refractivity contribution in [2.75, 3.05) is 23.3 Å². The molecule has 2 fully saturated rings. The molecule has 0 radical (unpaired) electrons. The molecule has 1 saturated carbocycles. The van der Waals surface area contributed by atoms with E-state index in [1.807, 2.05) is 25.1 Å². The van der Waals surface area contributed by atoms with Gasteiger partial charge in [-0.25, -0.2) is 9.78 Å². The Bertz CT molecular complexity index is 1480. The Balaban J connectivity index is 1.27. The van der Waals surface area contributed by atoms with E-state index in [0.717, 1.165) is 35.2 Å². The van der Waals surface area contributed by atoms with E-state index in [4.69, 9.17) is 4.74 Å². The molecule has 1 atom stereocenters. The number of benzene rings is 1. The number of carbonyl (C=O) groups excluding carboxylic acids is 3. The fourth-order valence-electron chi connectivity index (χ4n) is 5.77. The lowest BCUT2D eigenvalue weighted by Gasteiger charge is -2.30. The molecule has 4 heterocycles. The first kappa shape index (κ1) is 25.4. The smallest absolute Gasteiger partial charge is 0.331 e. The van der Waals surface area contributed by atoms with Crippen LogP contribution in [-0.4, -0.2) is 53.0 Å². The number of likely N-dealkylation sites (tertiary alicyclic amines) is 1. The number of hydrogen-bond donors (Lipinski definition) is 2. The number of hydrogen-bond acceptors (Lipinski definition) is 6. The van der Waals surface area contributed by atoms with Gasteiger partial charge in [0.2, 0.25) is 5.91 Å². The van der Waals surface area contributed by atoms with Crippen molar-refractivity contribution in [2.45, 2.75) is 57.6 Å². The standard InChI is InChI=1S/C29H31N5O4S/c1-3-23(35)33-14-12-18(16-33)31-27(36)26-25-24-22(11-13-30-28(24)39-26)34(29(37)32-25)21-10-9-20(15-17(21)2)38-19-7-5-4-6-8-19/h3,9-11,13,15,18-19H,1,4-8,12,14,16H2,2H3,(H,31,36)(H,32,37). The molecule has 39 heavy (non-hydrogen) atoms. The second kappa shape index (κ2) is 10.3. The van der Waals surface area contributed by atoms with Gasteiger partial charge in [-0.1, -0.05) is 13.0 Å². The molecule has 1 aliphatic carbocycles.